The van der Waals surface area contributed by atoms with Crippen molar-refractivity contribution in [1.29, 1.82) is 0 Å². The summed E-state index contributed by atoms with van der Waals surface area (Å²) in [5.41, 5.74) is 0.771. The quantitative estimate of drug-likeness (QED) is 0.842. The van der Waals surface area contributed by atoms with Crippen LogP contribution in [0.3, 0.4) is 0 Å². The molecular formula is C15H13F3N2O. The third kappa shape index (κ3) is 3.34. The summed E-state index contributed by atoms with van der Waals surface area (Å²) in [6, 6.07) is 8.17. The zero-order valence-electron chi connectivity index (χ0n) is 11.2. The molecule has 3 nitrogen and oxygen atoms in total. The second kappa shape index (κ2) is 6.30. The highest BCUT2D eigenvalue weighted by atomic mass is 19.2. The molecule has 2 aromatic carbocycles. The van der Waals surface area contributed by atoms with Crippen LogP contribution in [0.4, 0.5) is 24.5 Å². The van der Waals surface area contributed by atoms with Crippen LogP contribution in [0.2, 0.25) is 0 Å². The predicted molar refractivity (Wildman–Crippen MR) is 74.9 cm³/mol. The van der Waals surface area contributed by atoms with Crippen LogP contribution in [0.5, 0.6) is 0 Å². The van der Waals surface area contributed by atoms with Crippen LogP contribution in [0, 0.1) is 17.5 Å². The van der Waals surface area contributed by atoms with Gasteiger partial charge in [-0.05, 0) is 19.1 Å². The summed E-state index contributed by atoms with van der Waals surface area (Å²) in [7, 11) is 0. The molecule has 21 heavy (non-hydrogen) atoms. The van der Waals surface area contributed by atoms with Crippen molar-refractivity contribution in [3.63, 3.8) is 0 Å². The number of carbonyl (C=O) groups excluding carboxylic acids is 1. The first kappa shape index (κ1) is 14.9. The van der Waals surface area contributed by atoms with Gasteiger partial charge in [-0.3, -0.25) is 4.79 Å². The highest BCUT2D eigenvalue weighted by molar-refractivity contribution is 6.08. The molecule has 0 spiro atoms. The number of anilines is 2. The summed E-state index contributed by atoms with van der Waals surface area (Å²) in [6.45, 7) is 2.49. The number of para-hydroxylation sites is 1. The summed E-state index contributed by atoms with van der Waals surface area (Å²) < 4.78 is 39.1. The first-order chi connectivity index (χ1) is 10.0. The van der Waals surface area contributed by atoms with Gasteiger partial charge in [0.25, 0.3) is 5.91 Å². The molecule has 2 rings (SSSR count). The van der Waals surface area contributed by atoms with E-state index in [0.29, 0.717) is 17.8 Å². The molecule has 0 aromatic heterocycles. The summed E-state index contributed by atoms with van der Waals surface area (Å²) in [4.78, 5) is 12.1. The van der Waals surface area contributed by atoms with E-state index in [0.717, 1.165) is 12.1 Å². The lowest BCUT2D eigenvalue weighted by Crippen LogP contribution is -2.15. The Hall–Kier alpha value is -2.50. The first-order valence-corrected chi connectivity index (χ1v) is 6.31. The van der Waals surface area contributed by atoms with E-state index in [1.807, 2.05) is 6.92 Å². The highest BCUT2D eigenvalue weighted by Gasteiger charge is 2.14. The van der Waals surface area contributed by atoms with Gasteiger partial charge in [0.15, 0.2) is 17.5 Å². The van der Waals surface area contributed by atoms with E-state index in [9.17, 15) is 18.0 Å². The van der Waals surface area contributed by atoms with E-state index < -0.39 is 23.4 Å². The Morgan fingerprint density at radius 2 is 1.71 bits per heavy atom. The molecule has 0 heterocycles. The lowest BCUT2D eigenvalue weighted by molar-refractivity contribution is 0.102. The number of amides is 1. The fourth-order valence-corrected chi connectivity index (χ4v) is 1.85. The van der Waals surface area contributed by atoms with Crippen LogP contribution in [0.1, 0.15) is 17.3 Å². The summed E-state index contributed by atoms with van der Waals surface area (Å²) in [6.07, 6.45) is 0. The standard InChI is InChI=1S/C15H13F3N2O/c1-2-19-13-6-4-3-5-10(13)15(21)20-9-7-11(16)14(18)12(17)8-9/h3-8,19H,2H2,1H3,(H,20,21). The van der Waals surface area contributed by atoms with E-state index in [-0.39, 0.29) is 5.69 Å². The molecule has 0 bridgehead atoms. The summed E-state index contributed by atoms with van der Waals surface area (Å²) in [5, 5.41) is 5.35. The average molecular weight is 294 g/mol. The Kier molecular flexibility index (Phi) is 4.47. The molecule has 0 radical (unpaired) electrons. The molecule has 0 atom stereocenters. The van der Waals surface area contributed by atoms with Crippen molar-refractivity contribution >= 4 is 17.3 Å². The Balaban J connectivity index is 2.26. The van der Waals surface area contributed by atoms with Crippen molar-refractivity contribution in [3.8, 4) is 0 Å². The first-order valence-electron chi connectivity index (χ1n) is 6.31. The molecule has 2 aromatic rings. The molecule has 0 fully saturated rings. The van der Waals surface area contributed by atoms with Crippen molar-refractivity contribution in [2.75, 3.05) is 17.2 Å². The summed E-state index contributed by atoms with van der Waals surface area (Å²) >= 11 is 0. The highest BCUT2D eigenvalue weighted by Crippen LogP contribution is 2.20. The zero-order chi connectivity index (χ0) is 15.4. The molecule has 0 saturated heterocycles. The van der Waals surface area contributed by atoms with Gasteiger partial charge in [-0.1, -0.05) is 12.1 Å². The maximum Gasteiger partial charge on any atom is 0.257 e. The second-order valence-corrected chi connectivity index (χ2v) is 4.28. The topological polar surface area (TPSA) is 41.1 Å². The summed E-state index contributed by atoms with van der Waals surface area (Å²) in [5.74, 6) is -4.83. The average Bonchev–Trinajstić information content (AvgIpc) is 2.45. The monoisotopic (exact) mass is 294 g/mol. The zero-order valence-corrected chi connectivity index (χ0v) is 11.2. The van der Waals surface area contributed by atoms with Crippen LogP contribution >= 0.6 is 0 Å². The maximum atomic E-state index is 13.1. The maximum absolute atomic E-state index is 13.1. The van der Waals surface area contributed by atoms with Gasteiger partial charge in [0, 0.05) is 30.1 Å². The van der Waals surface area contributed by atoms with Gasteiger partial charge in [-0.2, -0.15) is 0 Å². The lowest BCUT2D eigenvalue weighted by atomic mass is 10.1. The SMILES string of the molecule is CCNc1ccccc1C(=O)Nc1cc(F)c(F)c(F)c1. The van der Waals surface area contributed by atoms with Gasteiger partial charge in [0.1, 0.15) is 0 Å². The normalized spacial score (nSPS) is 10.3. The van der Waals surface area contributed by atoms with E-state index in [1.54, 1.807) is 24.3 Å². The lowest BCUT2D eigenvalue weighted by Gasteiger charge is -2.11. The third-order valence-electron chi connectivity index (χ3n) is 2.78. The molecular weight excluding hydrogens is 281 g/mol. The number of halogens is 3. The number of nitrogens with one attached hydrogen (secondary N) is 2. The van der Waals surface area contributed by atoms with Crippen molar-refractivity contribution in [3.05, 3.63) is 59.4 Å². The Bertz CT molecular complexity index is 651. The molecule has 1 amide bonds. The molecule has 6 heteroatoms. The van der Waals surface area contributed by atoms with E-state index in [2.05, 4.69) is 10.6 Å². The fourth-order valence-electron chi connectivity index (χ4n) is 1.85. The van der Waals surface area contributed by atoms with Crippen LogP contribution in [-0.2, 0) is 0 Å². The largest absolute Gasteiger partial charge is 0.385 e. The van der Waals surface area contributed by atoms with E-state index in [1.165, 1.54) is 0 Å². The number of carbonyl (C=O) groups is 1. The molecule has 110 valence electrons. The molecule has 0 aliphatic heterocycles. The van der Waals surface area contributed by atoms with Gasteiger partial charge in [-0.15, -0.1) is 0 Å². The van der Waals surface area contributed by atoms with Gasteiger partial charge >= 0.3 is 0 Å². The Labute approximate surface area is 119 Å². The minimum absolute atomic E-state index is 0.150. The second-order valence-electron chi connectivity index (χ2n) is 4.28. The number of hydrogen-bond acceptors (Lipinski definition) is 2. The molecule has 0 aliphatic rings. The molecule has 0 unspecified atom stereocenters. The van der Waals surface area contributed by atoms with Gasteiger partial charge in [0.2, 0.25) is 0 Å². The molecule has 0 aliphatic carbocycles. The van der Waals surface area contributed by atoms with Crippen LogP contribution < -0.4 is 10.6 Å². The van der Waals surface area contributed by atoms with Crippen LogP contribution in [-0.4, -0.2) is 12.5 Å². The van der Waals surface area contributed by atoms with Crippen molar-refractivity contribution in [2.45, 2.75) is 6.92 Å². The van der Waals surface area contributed by atoms with Gasteiger partial charge in [-0.25, -0.2) is 13.2 Å². The van der Waals surface area contributed by atoms with E-state index >= 15 is 0 Å². The number of rotatable bonds is 4. The van der Waals surface area contributed by atoms with Gasteiger partial charge in [0.05, 0.1) is 5.56 Å². The van der Waals surface area contributed by atoms with Crippen molar-refractivity contribution in [1.82, 2.24) is 0 Å². The number of benzene rings is 2. The fraction of sp³-hybridized carbons (Fsp3) is 0.133. The Morgan fingerprint density at radius 1 is 1.10 bits per heavy atom. The van der Waals surface area contributed by atoms with E-state index in [4.69, 9.17) is 0 Å². The minimum atomic E-state index is -1.57. The number of hydrogen-bond donors (Lipinski definition) is 2. The third-order valence-corrected chi connectivity index (χ3v) is 2.78. The minimum Gasteiger partial charge on any atom is -0.385 e. The molecule has 0 saturated carbocycles. The Morgan fingerprint density at radius 3 is 2.33 bits per heavy atom. The van der Waals surface area contributed by atoms with Crippen molar-refractivity contribution in [2.24, 2.45) is 0 Å². The van der Waals surface area contributed by atoms with Crippen LogP contribution in [0.15, 0.2) is 36.4 Å². The molecule has 2 N–H and O–H groups in total. The van der Waals surface area contributed by atoms with Crippen LogP contribution in [0.25, 0.3) is 0 Å². The predicted octanol–water partition coefficient (Wildman–Crippen LogP) is 3.79. The van der Waals surface area contributed by atoms with Crippen molar-refractivity contribution < 1.29 is 18.0 Å². The smallest absolute Gasteiger partial charge is 0.257 e. The van der Waals surface area contributed by atoms with Gasteiger partial charge < -0.3 is 10.6 Å².